The summed E-state index contributed by atoms with van der Waals surface area (Å²) in [7, 11) is 3.81. The Morgan fingerprint density at radius 2 is 1.90 bits per heavy atom. The monoisotopic (exact) mass is 290 g/mol. The maximum Gasteiger partial charge on any atom is 0.250 e. The van der Waals surface area contributed by atoms with Crippen LogP contribution in [0.25, 0.3) is 0 Å². The molecule has 4 heteroatoms. The molecule has 106 valence electrons. The number of nitrogens with zero attached hydrogens (tertiary/aromatic N) is 2. The van der Waals surface area contributed by atoms with Crippen molar-refractivity contribution in [3.8, 4) is 0 Å². The fraction of sp³-hybridized carbons (Fsp3) is 0.312. The van der Waals surface area contributed by atoms with Crippen molar-refractivity contribution in [2.45, 2.75) is 19.5 Å². The van der Waals surface area contributed by atoms with Crippen molar-refractivity contribution in [3.63, 3.8) is 0 Å². The van der Waals surface area contributed by atoms with Crippen molar-refractivity contribution in [3.05, 3.63) is 69.1 Å². The highest BCUT2D eigenvalue weighted by molar-refractivity contribution is 6.30. The first kappa shape index (κ1) is 14.8. The van der Waals surface area contributed by atoms with E-state index in [1.165, 1.54) is 5.56 Å². The Kier molecular flexibility index (Phi) is 4.63. The third kappa shape index (κ3) is 3.50. The zero-order chi connectivity index (χ0) is 14.7. The summed E-state index contributed by atoms with van der Waals surface area (Å²) in [4.78, 5) is 13.8. The molecule has 2 aromatic rings. The first-order chi connectivity index (χ1) is 9.47. The van der Waals surface area contributed by atoms with Gasteiger partial charge in [-0.25, -0.2) is 0 Å². The molecule has 2 rings (SSSR count). The molecule has 0 aliphatic rings. The van der Waals surface area contributed by atoms with Gasteiger partial charge in [0, 0.05) is 36.9 Å². The van der Waals surface area contributed by atoms with E-state index in [-0.39, 0.29) is 11.6 Å². The number of rotatable bonds is 4. The predicted octanol–water partition coefficient (Wildman–Crippen LogP) is 3.23. The quantitative estimate of drug-likeness (QED) is 0.864. The highest BCUT2D eigenvalue weighted by Crippen LogP contribution is 2.22. The molecule has 1 heterocycles. The fourth-order valence-corrected chi connectivity index (χ4v) is 2.23. The second kappa shape index (κ2) is 6.25. The number of benzene rings is 1. The van der Waals surface area contributed by atoms with Gasteiger partial charge in [-0.1, -0.05) is 23.7 Å². The molecule has 0 amide bonds. The summed E-state index contributed by atoms with van der Waals surface area (Å²) >= 11 is 5.91. The van der Waals surface area contributed by atoms with Crippen molar-refractivity contribution in [1.82, 2.24) is 9.47 Å². The van der Waals surface area contributed by atoms with E-state index in [9.17, 15) is 4.79 Å². The van der Waals surface area contributed by atoms with E-state index in [2.05, 4.69) is 18.9 Å². The first-order valence-corrected chi connectivity index (χ1v) is 6.96. The van der Waals surface area contributed by atoms with Gasteiger partial charge in [-0.15, -0.1) is 0 Å². The van der Waals surface area contributed by atoms with Crippen LogP contribution in [0, 0.1) is 0 Å². The van der Waals surface area contributed by atoms with Crippen molar-refractivity contribution in [2.24, 2.45) is 7.05 Å². The summed E-state index contributed by atoms with van der Waals surface area (Å²) < 4.78 is 1.58. The zero-order valence-electron chi connectivity index (χ0n) is 12.0. The second-order valence-corrected chi connectivity index (χ2v) is 5.56. The molecule has 0 radical (unpaired) electrons. The summed E-state index contributed by atoms with van der Waals surface area (Å²) in [6.07, 6.45) is 1.80. The lowest BCUT2D eigenvalue weighted by molar-refractivity contribution is 0.253. The van der Waals surface area contributed by atoms with Crippen LogP contribution in [0.3, 0.4) is 0 Å². The molecule has 20 heavy (non-hydrogen) atoms. The zero-order valence-corrected chi connectivity index (χ0v) is 12.8. The summed E-state index contributed by atoms with van der Waals surface area (Å²) in [5, 5.41) is 0.746. The van der Waals surface area contributed by atoms with Crippen LogP contribution >= 0.6 is 11.6 Å². The number of aromatic nitrogens is 1. The molecule has 0 saturated heterocycles. The lowest BCUT2D eigenvalue weighted by Gasteiger charge is -2.25. The van der Waals surface area contributed by atoms with Gasteiger partial charge in [0.2, 0.25) is 0 Å². The van der Waals surface area contributed by atoms with Gasteiger partial charge in [0.15, 0.2) is 0 Å². The summed E-state index contributed by atoms with van der Waals surface area (Å²) in [5.41, 5.74) is 2.26. The third-order valence-electron chi connectivity index (χ3n) is 3.61. The van der Waals surface area contributed by atoms with E-state index >= 15 is 0 Å². The summed E-state index contributed by atoms with van der Waals surface area (Å²) in [6.45, 7) is 2.88. The molecule has 0 bridgehead atoms. The first-order valence-electron chi connectivity index (χ1n) is 6.58. The van der Waals surface area contributed by atoms with Crippen molar-refractivity contribution in [1.29, 1.82) is 0 Å². The molecule has 0 unspecified atom stereocenters. The molecule has 1 atom stereocenters. The van der Waals surface area contributed by atoms with Crippen LogP contribution < -0.4 is 5.56 Å². The Bertz CT molecular complexity index is 634. The number of hydrogen-bond donors (Lipinski definition) is 0. The molecule has 0 spiro atoms. The smallest absolute Gasteiger partial charge is 0.250 e. The summed E-state index contributed by atoms with van der Waals surface area (Å²) in [5.74, 6) is 0. The van der Waals surface area contributed by atoms with E-state index < -0.39 is 0 Å². The number of pyridine rings is 1. The van der Waals surface area contributed by atoms with Crippen LogP contribution in [0.1, 0.15) is 24.1 Å². The number of hydrogen-bond acceptors (Lipinski definition) is 2. The van der Waals surface area contributed by atoms with E-state index in [0.717, 1.165) is 17.1 Å². The minimum absolute atomic E-state index is 0.0232. The molecule has 1 aromatic carbocycles. The molecule has 0 aliphatic carbocycles. The van der Waals surface area contributed by atoms with E-state index in [0.29, 0.717) is 0 Å². The van der Waals surface area contributed by atoms with E-state index in [1.807, 2.05) is 30.3 Å². The minimum atomic E-state index is 0.0232. The highest BCUT2D eigenvalue weighted by atomic mass is 35.5. The SMILES string of the molecule is C[C@H](c1ccc(Cl)cc1)N(C)Cc1ccn(C)c(=O)c1. The Morgan fingerprint density at radius 1 is 1.25 bits per heavy atom. The number of aryl methyl sites for hydroxylation is 1. The standard InChI is InChI=1S/C16H19ClN2O/c1-12(14-4-6-15(17)7-5-14)19(3)11-13-8-9-18(2)16(20)10-13/h4-10,12H,11H2,1-3H3/t12-/m1/s1. The van der Waals surface area contributed by atoms with Gasteiger partial charge in [0.1, 0.15) is 0 Å². The average Bonchev–Trinajstić information content (AvgIpc) is 2.43. The van der Waals surface area contributed by atoms with Crippen molar-refractivity contribution in [2.75, 3.05) is 7.05 Å². The average molecular weight is 291 g/mol. The molecular weight excluding hydrogens is 272 g/mol. The lowest BCUT2D eigenvalue weighted by Crippen LogP contribution is -2.23. The van der Waals surface area contributed by atoms with Crippen LogP contribution in [0.4, 0.5) is 0 Å². The van der Waals surface area contributed by atoms with Gasteiger partial charge in [-0.05, 0) is 43.3 Å². The molecule has 0 N–H and O–H groups in total. The molecule has 1 aromatic heterocycles. The minimum Gasteiger partial charge on any atom is -0.319 e. The molecular formula is C16H19ClN2O. The molecule has 0 fully saturated rings. The van der Waals surface area contributed by atoms with Crippen LogP contribution in [0.5, 0.6) is 0 Å². The Labute approximate surface area is 124 Å². The topological polar surface area (TPSA) is 25.2 Å². The largest absolute Gasteiger partial charge is 0.319 e. The molecule has 0 saturated carbocycles. The summed E-state index contributed by atoms with van der Waals surface area (Å²) in [6, 6.07) is 11.8. The van der Waals surface area contributed by atoms with Crippen molar-refractivity contribution >= 4 is 11.6 Å². The maximum atomic E-state index is 11.6. The molecule has 3 nitrogen and oxygen atoms in total. The Balaban J connectivity index is 2.10. The predicted molar refractivity (Wildman–Crippen MR) is 83.0 cm³/mol. The Hall–Kier alpha value is -1.58. The molecule has 0 aliphatic heterocycles. The number of halogens is 1. The van der Waals surface area contributed by atoms with Gasteiger partial charge in [0.05, 0.1) is 0 Å². The third-order valence-corrected chi connectivity index (χ3v) is 3.87. The maximum absolute atomic E-state index is 11.6. The van der Waals surface area contributed by atoms with Gasteiger partial charge >= 0.3 is 0 Å². The van der Waals surface area contributed by atoms with Crippen LogP contribution in [0.2, 0.25) is 5.02 Å². The second-order valence-electron chi connectivity index (χ2n) is 5.13. The van der Waals surface area contributed by atoms with Gasteiger partial charge < -0.3 is 4.57 Å². The van der Waals surface area contributed by atoms with Crippen molar-refractivity contribution < 1.29 is 0 Å². The van der Waals surface area contributed by atoms with Crippen LogP contribution in [-0.4, -0.2) is 16.5 Å². The van der Waals surface area contributed by atoms with E-state index in [4.69, 9.17) is 11.6 Å². The van der Waals surface area contributed by atoms with Crippen LogP contribution in [0.15, 0.2) is 47.4 Å². The highest BCUT2D eigenvalue weighted by Gasteiger charge is 2.12. The Morgan fingerprint density at radius 3 is 2.50 bits per heavy atom. The van der Waals surface area contributed by atoms with Gasteiger partial charge in [0.25, 0.3) is 5.56 Å². The van der Waals surface area contributed by atoms with Gasteiger partial charge in [-0.3, -0.25) is 9.69 Å². The fourth-order valence-electron chi connectivity index (χ4n) is 2.11. The lowest BCUT2D eigenvalue weighted by atomic mass is 10.1. The van der Waals surface area contributed by atoms with E-state index in [1.54, 1.807) is 23.9 Å². The van der Waals surface area contributed by atoms with Gasteiger partial charge in [-0.2, -0.15) is 0 Å². The normalized spacial score (nSPS) is 12.7. The van der Waals surface area contributed by atoms with Crippen LogP contribution in [-0.2, 0) is 13.6 Å².